The number of aromatic nitrogens is 3. The van der Waals surface area contributed by atoms with Gasteiger partial charge in [-0.05, 0) is 55.8 Å². The van der Waals surface area contributed by atoms with Crippen LogP contribution in [0.5, 0.6) is 5.75 Å². The summed E-state index contributed by atoms with van der Waals surface area (Å²) in [5.74, 6) is 1.49. The number of nitrogens with one attached hydrogen (secondary N) is 1. The van der Waals surface area contributed by atoms with Crippen LogP contribution >= 0.6 is 23.4 Å². The van der Waals surface area contributed by atoms with Crippen molar-refractivity contribution in [3.63, 3.8) is 0 Å². The van der Waals surface area contributed by atoms with Gasteiger partial charge < -0.3 is 9.30 Å². The summed E-state index contributed by atoms with van der Waals surface area (Å²) in [6.45, 7) is 4.53. The summed E-state index contributed by atoms with van der Waals surface area (Å²) in [6, 6.07) is 14.9. The fourth-order valence-corrected chi connectivity index (χ4v) is 3.62. The molecule has 0 unspecified atom stereocenters. The van der Waals surface area contributed by atoms with Crippen molar-refractivity contribution in [3.8, 4) is 17.1 Å². The van der Waals surface area contributed by atoms with Gasteiger partial charge in [-0.2, -0.15) is 5.10 Å². The second kappa shape index (κ2) is 10.3. The Bertz CT molecular complexity index is 1030. The molecular formula is C21H22ClN5O2S. The smallest absolute Gasteiger partial charge is 0.250 e. The Balaban J connectivity index is 1.62. The Hall–Kier alpha value is -2.84. The molecule has 0 bridgehead atoms. The second-order valence-electron chi connectivity index (χ2n) is 6.31. The predicted octanol–water partition coefficient (Wildman–Crippen LogP) is 4.26. The van der Waals surface area contributed by atoms with Crippen LogP contribution in [0.2, 0.25) is 5.02 Å². The van der Waals surface area contributed by atoms with Crippen LogP contribution in [0.25, 0.3) is 11.4 Å². The lowest BCUT2D eigenvalue weighted by Crippen LogP contribution is -2.21. The summed E-state index contributed by atoms with van der Waals surface area (Å²) in [5, 5.41) is 14.0. The van der Waals surface area contributed by atoms with E-state index in [-0.39, 0.29) is 11.7 Å². The average Bonchev–Trinajstić information content (AvgIpc) is 3.19. The summed E-state index contributed by atoms with van der Waals surface area (Å²) >= 11 is 7.21. The maximum absolute atomic E-state index is 12.2. The van der Waals surface area contributed by atoms with E-state index >= 15 is 0 Å². The Morgan fingerprint density at radius 2 is 1.87 bits per heavy atom. The molecule has 30 heavy (non-hydrogen) atoms. The van der Waals surface area contributed by atoms with Gasteiger partial charge in [0.2, 0.25) is 0 Å². The van der Waals surface area contributed by atoms with Crippen molar-refractivity contribution in [2.24, 2.45) is 5.10 Å². The summed E-state index contributed by atoms with van der Waals surface area (Å²) in [4.78, 5) is 12.2. The van der Waals surface area contributed by atoms with Gasteiger partial charge >= 0.3 is 0 Å². The number of nitrogens with zero attached hydrogens (tertiary/aromatic N) is 4. The minimum atomic E-state index is -0.218. The van der Waals surface area contributed by atoms with Crippen molar-refractivity contribution in [2.75, 3.05) is 12.9 Å². The maximum Gasteiger partial charge on any atom is 0.250 e. The van der Waals surface area contributed by atoms with Gasteiger partial charge in [0.15, 0.2) is 11.0 Å². The molecule has 0 saturated heterocycles. The number of rotatable bonds is 8. The van der Waals surface area contributed by atoms with Gasteiger partial charge in [0.25, 0.3) is 5.91 Å². The lowest BCUT2D eigenvalue weighted by Gasteiger charge is -2.08. The lowest BCUT2D eigenvalue weighted by molar-refractivity contribution is -0.118. The number of methoxy groups -OCH3 is 1. The van der Waals surface area contributed by atoms with Crippen molar-refractivity contribution < 1.29 is 9.53 Å². The molecule has 2 aromatic carbocycles. The van der Waals surface area contributed by atoms with Crippen LogP contribution in [0.1, 0.15) is 19.4 Å². The molecule has 1 N–H and O–H groups in total. The average molecular weight is 444 g/mol. The Morgan fingerprint density at radius 1 is 1.17 bits per heavy atom. The Morgan fingerprint density at radius 3 is 2.50 bits per heavy atom. The first-order valence-electron chi connectivity index (χ1n) is 9.31. The summed E-state index contributed by atoms with van der Waals surface area (Å²) in [7, 11) is 1.63. The van der Waals surface area contributed by atoms with Crippen molar-refractivity contribution in [3.05, 3.63) is 59.1 Å². The van der Waals surface area contributed by atoms with Crippen LogP contribution in [0.4, 0.5) is 0 Å². The van der Waals surface area contributed by atoms with Crippen LogP contribution in [0, 0.1) is 0 Å². The van der Waals surface area contributed by atoms with Crippen LogP contribution in [-0.2, 0) is 11.3 Å². The largest absolute Gasteiger partial charge is 0.497 e. The third kappa shape index (κ3) is 5.40. The van der Waals surface area contributed by atoms with Gasteiger partial charge in [-0.15, -0.1) is 10.2 Å². The van der Waals surface area contributed by atoms with E-state index in [0.29, 0.717) is 22.4 Å². The first-order chi connectivity index (χ1) is 14.5. The van der Waals surface area contributed by atoms with Gasteiger partial charge in [0, 0.05) is 17.1 Å². The third-order valence-corrected chi connectivity index (χ3v) is 5.54. The van der Waals surface area contributed by atoms with E-state index in [0.717, 1.165) is 22.7 Å². The highest BCUT2D eigenvalue weighted by Gasteiger charge is 2.14. The summed E-state index contributed by atoms with van der Waals surface area (Å²) < 4.78 is 7.17. The third-order valence-electron chi connectivity index (χ3n) is 4.32. The highest BCUT2D eigenvalue weighted by molar-refractivity contribution is 7.99. The molecular weight excluding hydrogens is 422 g/mol. The molecule has 1 heterocycles. The number of hydrogen-bond donors (Lipinski definition) is 1. The Kier molecular flexibility index (Phi) is 7.48. The number of amides is 1. The summed E-state index contributed by atoms with van der Waals surface area (Å²) in [5.41, 5.74) is 5.10. The highest BCUT2D eigenvalue weighted by Crippen LogP contribution is 2.25. The molecule has 0 aliphatic heterocycles. The van der Waals surface area contributed by atoms with E-state index in [4.69, 9.17) is 16.3 Å². The molecule has 0 atom stereocenters. The molecule has 0 spiro atoms. The highest BCUT2D eigenvalue weighted by atomic mass is 35.5. The first-order valence-corrected chi connectivity index (χ1v) is 10.7. The van der Waals surface area contributed by atoms with Crippen molar-refractivity contribution in [1.82, 2.24) is 20.2 Å². The molecule has 3 rings (SSSR count). The molecule has 1 amide bonds. The number of thioether (sulfide) groups is 1. The molecule has 0 fully saturated rings. The van der Waals surface area contributed by atoms with Gasteiger partial charge in [-0.25, -0.2) is 5.43 Å². The predicted molar refractivity (Wildman–Crippen MR) is 120 cm³/mol. The fraction of sp³-hybridized carbons (Fsp3) is 0.238. The first kappa shape index (κ1) is 21.9. The summed E-state index contributed by atoms with van der Waals surface area (Å²) in [6.07, 6.45) is 0. The fourth-order valence-electron chi connectivity index (χ4n) is 2.70. The molecule has 9 heteroatoms. The van der Waals surface area contributed by atoms with Crippen LogP contribution in [-0.4, -0.2) is 39.2 Å². The molecule has 156 valence electrons. The number of hydrazone groups is 1. The van der Waals surface area contributed by atoms with Gasteiger partial charge in [-0.3, -0.25) is 4.79 Å². The molecule has 7 nitrogen and oxygen atoms in total. The number of hydrogen-bond acceptors (Lipinski definition) is 6. The minimum absolute atomic E-state index is 0.179. The van der Waals surface area contributed by atoms with Crippen LogP contribution in [0.3, 0.4) is 0 Å². The zero-order valence-electron chi connectivity index (χ0n) is 16.9. The SMILES string of the molecule is CCn1c(SCC(=O)NN=C(C)c2ccc(Cl)cc2)nnc1-c1ccc(OC)cc1. The van der Waals surface area contributed by atoms with Crippen LogP contribution in [0.15, 0.2) is 58.8 Å². The van der Waals surface area contributed by atoms with Gasteiger partial charge in [-0.1, -0.05) is 35.5 Å². The molecule has 0 aliphatic carbocycles. The quantitative estimate of drug-likeness (QED) is 0.319. The van der Waals surface area contributed by atoms with Gasteiger partial charge in [0.1, 0.15) is 5.75 Å². The molecule has 0 radical (unpaired) electrons. The van der Waals surface area contributed by atoms with E-state index in [2.05, 4.69) is 20.7 Å². The molecule has 0 saturated carbocycles. The van der Waals surface area contributed by atoms with E-state index in [1.54, 1.807) is 19.2 Å². The molecule has 1 aromatic heterocycles. The molecule has 0 aliphatic rings. The number of carbonyl (C=O) groups excluding carboxylic acids is 1. The van der Waals surface area contributed by atoms with Crippen molar-refractivity contribution in [1.29, 1.82) is 0 Å². The van der Waals surface area contributed by atoms with Crippen LogP contribution < -0.4 is 10.2 Å². The second-order valence-corrected chi connectivity index (χ2v) is 7.69. The number of carbonyl (C=O) groups is 1. The lowest BCUT2D eigenvalue weighted by atomic mass is 10.1. The standard InChI is InChI=1S/C21H22ClN5O2S/c1-4-27-20(16-7-11-18(29-3)12-8-16)25-26-21(27)30-13-19(28)24-23-14(2)15-5-9-17(22)10-6-15/h5-12H,4,13H2,1-3H3,(H,24,28). The van der Waals surface area contributed by atoms with E-state index < -0.39 is 0 Å². The van der Waals surface area contributed by atoms with E-state index in [1.165, 1.54) is 11.8 Å². The van der Waals surface area contributed by atoms with Crippen molar-refractivity contribution in [2.45, 2.75) is 25.5 Å². The van der Waals surface area contributed by atoms with Crippen molar-refractivity contribution >= 4 is 35.0 Å². The molecule has 3 aromatic rings. The maximum atomic E-state index is 12.2. The number of halogens is 1. The number of benzene rings is 2. The monoisotopic (exact) mass is 443 g/mol. The zero-order chi connectivity index (χ0) is 21.5. The van der Waals surface area contributed by atoms with E-state index in [9.17, 15) is 4.79 Å². The minimum Gasteiger partial charge on any atom is -0.497 e. The van der Waals surface area contributed by atoms with E-state index in [1.807, 2.05) is 54.8 Å². The topological polar surface area (TPSA) is 81.4 Å². The Labute approximate surface area is 184 Å². The normalized spacial score (nSPS) is 11.4. The van der Waals surface area contributed by atoms with Gasteiger partial charge in [0.05, 0.1) is 18.6 Å². The number of ether oxygens (including phenoxy) is 1. The zero-order valence-corrected chi connectivity index (χ0v) is 18.5.